The largest absolute Gasteiger partial charge is 0.416 e. The molecule has 9 heteroatoms. The molecule has 1 N–H and O–H groups in total. The molecule has 0 saturated carbocycles. The van der Waals surface area contributed by atoms with Crippen LogP contribution in [0, 0.1) is 11.6 Å². The summed E-state index contributed by atoms with van der Waals surface area (Å²) in [5, 5.41) is 2.31. The van der Waals surface area contributed by atoms with Crippen LogP contribution in [0.4, 0.5) is 33.3 Å². The van der Waals surface area contributed by atoms with Gasteiger partial charge in [-0.3, -0.25) is 4.79 Å². The first-order valence-electron chi connectivity index (χ1n) is 8.06. The lowest BCUT2D eigenvalue weighted by atomic mass is 10.1. The minimum atomic E-state index is -4.61. The Hall–Kier alpha value is -2.68. The number of morpholine rings is 1. The second kappa shape index (κ2) is 7.51. The molecule has 4 nitrogen and oxygen atoms in total. The Morgan fingerprint density at radius 1 is 1.04 bits per heavy atom. The van der Waals surface area contributed by atoms with Crippen LogP contribution in [-0.2, 0) is 10.9 Å². The Bertz CT molecular complexity index is 848. The van der Waals surface area contributed by atoms with Crippen LogP contribution >= 0.6 is 0 Å². The number of benzene rings is 2. The summed E-state index contributed by atoms with van der Waals surface area (Å²) in [5.74, 6) is -2.94. The van der Waals surface area contributed by atoms with Crippen molar-refractivity contribution < 1.29 is 31.5 Å². The lowest BCUT2D eigenvalue weighted by Gasteiger charge is -2.31. The van der Waals surface area contributed by atoms with Gasteiger partial charge in [0.2, 0.25) is 0 Å². The van der Waals surface area contributed by atoms with Gasteiger partial charge in [-0.1, -0.05) is 0 Å². The Morgan fingerprint density at radius 3 is 2.37 bits per heavy atom. The van der Waals surface area contributed by atoms with Gasteiger partial charge in [-0.25, -0.2) is 8.78 Å². The van der Waals surface area contributed by atoms with E-state index in [1.54, 1.807) is 4.90 Å². The molecule has 1 amide bonds. The third-order valence-corrected chi connectivity index (χ3v) is 4.10. The van der Waals surface area contributed by atoms with Gasteiger partial charge >= 0.3 is 6.18 Å². The van der Waals surface area contributed by atoms with E-state index in [4.69, 9.17) is 4.74 Å². The van der Waals surface area contributed by atoms with E-state index in [9.17, 15) is 26.7 Å². The van der Waals surface area contributed by atoms with E-state index in [-0.39, 0.29) is 5.69 Å². The Morgan fingerprint density at radius 2 is 1.74 bits per heavy atom. The standard InChI is InChI=1S/C18H15F5N2O2/c19-12-2-3-13(14(20)10-12)17(26)24-15-9-11(18(21,22)23)1-4-16(15)25-5-7-27-8-6-25/h1-4,9-10H,5-8H2,(H,24,26). The third-order valence-electron chi connectivity index (χ3n) is 4.10. The monoisotopic (exact) mass is 386 g/mol. The van der Waals surface area contributed by atoms with Crippen molar-refractivity contribution in [3.05, 3.63) is 59.2 Å². The van der Waals surface area contributed by atoms with Crippen LogP contribution in [0.2, 0.25) is 0 Å². The summed E-state index contributed by atoms with van der Waals surface area (Å²) in [6, 6.07) is 5.33. The SMILES string of the molecule is O=C(Nc1cc(C(F)(F)F)ccc1N1CCOCC1)c1ccc(F)cc1F. The van der Waals surface area contributed by atoms with Gasteiger partial charge in [-0.2, -0.15) is 13.2 Å². The molecule has 144 valence electrons. The zero-order valence-corrected chi connectivity index (χ0v) is 13.9. The average molecular weight is 386 g/mol. The number of halogens is 5. The summed E-state index contributed by atoms with van der Waals surface area (Å²) in [5.41, 5.74) is -1.17. The Labute approximate surface area is 151 Å². The molecule has 1 aliphatic rings. The van der Waals surface area contributed by atoms with E-state index in [0.29, 0.717) is 38.1 Å². The Balaban J connectivity index is 1.96. The van der Waals surface area contributed by atoms with Gasteiger partial charge in [-0.15, -0.1) is 0 Å². The topological polar surface area (TPSA) is 41.6 Å². The number of alkyl halides is 3. The highest BCUT2D eigenvalue weighted by Crippen LogP contribution is 2.36. The van der Waals surface area contributed by atoms with Crippen molar-refractivity contribution in [3.8, 4) is 0 Å². The van der Waals surface area contributed by atoms with Gasteiger partial charge < -0.3 is 15.0 Å². The minimum absolute atomic E-state index is 0.111. The Kier molecular flexibility index (Phi) is 5.31. The number of carbonyl (C=O) groups excluding carboxylic acids is 1. The van der Waals surface area contributed by atoms with Gasteiger partial charge in [-0.05, 0) is 30.3 Å². The molecule has 1 fully saturated rings. The fourth-order valence-electron chi connectivity index (χ4n) is 2.76. The number of hydrogen-bond acceptors (Lipinski definition) is 3. The van der Waals surface area contributed by atoms with Crippen LogP contribution in [0.25, 0.3) is 0 Å². The lowest BCUT2D eigenvalue weighted by Crippen LogP contribution is -2.37. The first kappa shape index (κ1) is 19.1. The molecule has 0 aliphatic carbocycles. The van der Waals surface area contributed by atoms with E-state index < -0.39 is 34.8 Å². The van der Waals surface area contributed by atoms with Crippen LogP contribution < -0.4 is 10.2 Å². The first-order valence-corrected chi connectivity index (χ1v) is 8.06. The molecule has 0 atom stereocenters. The number of anilines is 2. The molecule has 3 rings (SSSR count). The maximum Gasteiger partial charge on any atom is 0.416 e. The summed E-state index contributed by atoms with van der Waals surface area (Å²) >= 11 is 0. The van der Waals surface area contributed by atoms with Crippen LogP contribution in [0.3, 0.4) is 0 Å². The highest BCUT2D eigenvalue weighted by Gasteiger charge is 2.32. The average Bonchev–Trinajstić information content (AvgIpc) is 2.61. The fourth-order valence-corrected chi connectivity index (χ4v) is 2.76. The smallest absolute Gasteiger partial charge is 0.378 e. The number of ether oxygens (including phenoxy) is 1. The van der Waals surface area contributed by atoms with Gasteiger partial charge in [0.05, 0.1) is 35.7 Å². The zero-order valence-electron chi connectivity index (χ0n) is 13.9. The number of nitrogens with one attached hydrogen (secondary N) is 1. The van der Waals surface area contributed by atoms with Gasteiger partial charge in [0, 0.05) is 19.2 Å². The second-order valence-electron chi connectivity index (χ2n) is 5.91. The lowest BCUT2D eigenvalue weighted by molar-refractivity contribution is -0.137. The summed E-state index contributed by atoms with van der Waals surface area (Å²) in [7, 11) is 0. The molecule has 1 heterocycles. The van der Waals surface area contributed by atoms with Crippen LogP contribution in [-0.4, -0.2) is 32.2 Å². The van der Waals surface area contributed by atoms with E-state index in [2.05, 4.69) is 5.32 Å². The maximum atomic E-state index is 13.8. The number of carbonyl (C=O) groups is 1. The summed E-state index contributed by atoms with van der Waals surface area (Å²) in [4.78, 5) is 14.1. The highest BCUT2D eigenvalue weighted by atomic mass is 19.4. The maximum absolute atomic E-state index is 13.8. The van der Waals surface area contributed by atoms with E-state index in [0.717, 1.165) is 24.3 Å². The van der Waals surface area contributed by atoms with Crippen molar-refractivity contribution in [1.29, 1.82) is 0 Å². The molecule has 0 bridgehead atoms. The molecule has 2 aromatic carbocycles. The first-order chi connectivity index (χ1) is 12.8. The molecule has 1 saturated heterocycles. The fraction of sp³-hybridized carbons (Fsp3) is 0.278. The van der Waals surface area contributed by atoms with Crippen molar-refractivity contribution in [2.24, 2.45) is 0 Å². The molecule has 27 heavy (non-hydrogen) atoms. The van der Waals surface area contributed by atoms with Crippen molar-refractivity contribution in [2.45, 2.75) is 6.18 Å². The van der Waals surface area contributed by atoms with Crippen LogP contribution in [0.15, 0.2) is 36.4 Å². The number of rotatable bonds is 3. The van der Waals surface area contributed by atoms with Crippen molar-refractivity contribution in [3.63, 3.8) is 0 Å². The molecule has 0 aromatic heterocycles. The summed E-state index contributed by atoms with van der Waals surface area (Å²) in [6.07, 6.45) is -4.61. The van der Waals surface area contributed by atoms with Gasteiger partial charge in [0.1, 0.15) is 11.6 Å². The van der Waals surface area contributed by atoms with Crippen LogP contribution in [0.5, 0.6) is 0 Å². The highest BCUT2D eigenvalue weighted by molar-refractivity contribution is 6.06. The number of nitrogens with zero attached hydrogens (tertiary/aromatic N) is 1. The molecule has 2 aromatic rings. The summed E-state index contributed by atoms with van der Waals surface area (Å²) < 4.78 is 71.2. The normalized spacial score (nSPS) is 14.9. The predicted octanol–water partition coefficient (Wildman–Crippen LogP) is 4.07. The molecule has 0 radical (unpaired) electrons. The number of amides is 1. The minimum Gasteiger partial charge on any atom is -0.378 e. The van der Waals surface area contributed by atoms with Gasteiger partial charge in [0.15, 0.2) is 0 Å². The second-order valence-corrected chi connectivity index (χ2v) is 5.91. The van der Waals surface area contributed by atoms with Crippen molar-refractivity contribution in [1.82, 2.24) is 0 Å². The molecule has 0 unspecified atom stereocenters. The van der Waals surface area contributed by atoms with E-state index in [1.165, 1.54) is 6.07 Å². The quantitative estimate of drug-likeness (QED) is 0.809. The molecule has 0 spiro atoms. The van der Waals surface area contributed by atoms with Crippen molar-refractivity contribution >= 4 is 17.3 Å². The molecular weight excluding hydrogens is 371 g/mol. The zero-order chi connectivity index (χ0) is 19.6. The predicted molar refractivity (Wildman–Crippen MR) is 88.8 cm³/mol. The van der Waals surface area contributed by atoms with Crippen molar-refractivity contribution in [2.75, 3.05) is 36.5 Å². The van der Waals surface area contributed by atoms with Gasteiger partial charge in [0.25, 0.3) is 5.91 Å². The molecular formula is C18H15F5N2O2. The number of hydrogen-bond donors (Lipinski definition) is 1. The summed E-state index contributed by atoms with van der Waals surface area (Å²) in [6.45, 7) is 1.64. The third kappa shape index (κ3) is 4.36. The van der Waals surface area contributed by atoms with Crippen LogP contribution in [0.1, 0.15) is 15.9 Å². The molecule has 1 aliphatic heterocycles. The van der Waals surface area contributed by atoms with E-state index in [1.807, 2.05) is 0 Å². The van der Waals surface area contributed by atoms with E-state index >= 15 is 0 Å².